The van der Waals surface area contributed by atoms with Crippen LogP contribution < -0.4 is 0 Å². The summed E-state index contributed by atoms with van der Waals surface area (Å²) in [6.07, 6.45) is 11.4. The predicted molar refractivity (Wildman–Crippen MR) is 72.8 cm³/mol. The summed E-state index contributed by atoms with van der Waals surface area (Å²) >= 11 is 0. The Hall–Kier alpha value is -0.550. The highest BCUT2D eigenvalue weighted by molar-refractivity contribution is 5.05. The number of rotatable bonds is 7. The van der Waals surface area contributed by atoms with E-state index in [1.165, 1.54) is 51.4 Å². The first kappa shape index (κ1) is 14.5. The van der Waals surface area contributed by atoms with Crippen molar-refractivity contribution in [2.45, 2.75) is 77.2 Å². The van der Waals surface area contributed by atoms with Gasteiger partial charge in [0, 0.05) is 0 Å². The summed E-state index contributed by atoms with van der Waals surface area (Å²) < 4.78 is 0. The van der Waals surface area contributed by atoms with E-state index in [0.717, 1.165) is 19.5 Å². The molecule has 1 aliphatic heterocycles. The van der Waals surface area contributed by atoms with E-state index >= 15 is 0 Å². The molecule has 0 aromatic carbocycles. The lowest BCUT2D eigenvalue weighted by molar-refractivity contribution is 0.114. The molecule has 1 fully saturated rings. The molecule has 1 atom stereocenters. The van der Waals surface area contributed by atoms with Crippen LogP contribution in [0.4, 0.5) is 0 Å². The van der Waals surface area contributed by atoms with Crippen molar-refractivity contribution in [1.82, 2.24) is 4.90 Å². The highest BCUT2D eigenvalue weighted by atomic mass is 15.2. The molecule has 0 aliphatic carbocycles. The van der Waals surface area contributed by atoms with Crippen LogP contribution in [0.3, 0.4) is 0 Å². The van der Waals surface area contributed by atoms with Crippen molar-refractivity contribution in [2.24, 2.45) is 0 Å². The van der Waals surface area contributed by atoms with Crippen LogP contribution in [0.15, 0.2) is 0 Å². The van der Waals surface area contributed by atoms with Gasteiger partial charge in [0.2, 0.25) is 0 Å². The van der Waals surface area contributed by atoms with Gasteiger partial charge in [0.1, 0.15) is 5.54 Å². The molecular weight excluding hydrogens is 208 g/mol. The van der Waals surface area contributed by atoms with Crippen LogP contribution in [0.2, 0.25) is 0 Å². The van der Waals surface area contributed by atoms with Gasteiger partial charge in [-0.2, -0.15) is 5.26 Å². The van der Waals surface area contributed by atoms with Crippen LogP contribution in [-0.2, 0) is 0 Å². The van der Waals surface area contributed by atoms with Gasteiger partial charge in [0.25, 0.3) is 0 Å². The van der Waals surface area contributed by atoms with Gasteiger partial charge in [0.15, 0.2) is 0 Å². The third kappa shape index (κ3) is 4.68. The quantitative estimate of drug-likeness (QED) is 0.622. The Balaban J connectivity index is 2.31. The van der Waals surface area contributed by atoms with E-state index in [1.807, 2.05) is 0 Å². The zero-order valence-electron chi connectivity index (χ0n) is 11.7. The van der Waals surface area contributed by atoms with Gasteiger partial charge in [-0.1, -0.05) is 45.4 Å². The van der Waals surface area contributed by atoms with Crippen molar-refractivity contribution >= 4 is 0 Å². The van der Waals surface area contributed by atoms with Gasteiger partial charge in [-0.25, -0.2) is 0 Å². The number of hydrogen-bond donors (Lipinski definition) is 0. The average Bonchev–Trinajstić information content (AvgIpc) is 2.39. The Morgan fingerprint density at radius 3 is 2.29 bits per heavy atom. The van der Waals surface area contributed by atoms with Crippen LogP contribution in [0.25, 0.3) is 0 Å². The van der Waals surface area contributed by atoms with Crippen LogP contribution in [0.1, 0.15) is 71.6 Å². The maximum atomic E-state index is 9.45. The second-order valence-corrected chi connectivity index (χ2v) is 5.60. The maximum Gasteiger partial charge on any atom is 0.106 e. The van der Waals surface area contributed by atoms with Crippen molar-refractivity contribution in [2.75, 3.05) is 13.1 Å². The Morgan fingerprint density at radius 1 is 1.06 bits per heavy atom. The van der Waals surface area contributed by atoms with Crippen molar-refractivity contribution in [3.8, 4) is 6.07 Å². The van der Waals surface area contributed by atoms with E-state index in [9.17, 15) is 5.26 Å². The Bertz CT molecular complexity index is 238. The first-order valence-electron chi connectivity index (χ1n) is 7.39. The second-order valence-electron chi connectivity index (χ2n) is 5.60. The van der Waals surface area contributed by atoms with E-state index in [-0.39, 0.29) is 5.54 Å². The lowest BCUT2D eigenvalue weighted by Gasteiger charge is -2.38. The van der Waals surface area contributed by atoms with E-state index < -0.39 is 0 Å². The number of piperidine rings is 1. The van der Waals surface area contributed by atoms with Crippen LogP contribution in [-0.4, -0.2) is 23.5 Å². The minimum absolute atomic E-state index is 0.202. The van der Waals surface area contributed by atoms with Gasteiger partial charge >= 0.3 is 0 Å². The molecule has 2 heteroatoms. The van der Waals surface area contributed by atoms with Gasteiger partial charge in [-0.15, -0.1) is 0 Å². The molecule has 0 aromatic heterocycles. The maximum absolute atomic E-state index is 9.45. The highest BCUT2D eigenvalue weighted by Gasteiger charge is 2.31. The van der Waals surface area contributed by atoms with Crippen molar-refractivity contribution in [3.63, 3.8) is 0 Å². The second kappa shape index (κ2) is 7.71. The van der Waals surface area contributed by atoms with Crippen LogP contribution in [0, 0.1) is 11.3 Å². The molecule has 0 saturated carbocycles. The Labute approximate surface area is 107 Å². The number of hydrogen-bond acceptors (Lipinski definition) is 2. The monoisotopic (exact) mass is 236 g/mol. The first-order valence-corrected chi connectivity index (χ1v) is 7.39. The summed E-state index contributed by atoms with van der Waals surface area (Å²) in [5, 5.41) is 9.45. The molecule has 0 bridgehead atoms. The third-order valence-corrected chi connectivity index (χ3v) is 4.06. The smallest absolute Gasteiger partial charge is 0.106 e. The zero-order valence-corrected chi connectivity index (χ0v) is 11.7. The molecule has 1 heterocycles. The standard InChI is InChI=1S/C15H28N2/c1-3-4-5-6-8-11-15(2,14-16)17-12-9-7-10-13-17/h3-13H2,1-2H3. The molecule has 0 spiro atoms. The third-order valence-electron chi connectivity index (χ3n) is 4.06. The molecule has 0 radical (unpaired) electrons. The van der Waals surface area contributed by atoms with Crippen molar-refractivity contribution in [3.05, 3.63) is 0 Å². The summed E-state index contributed by atoms with van der Waals surface area (Å²) in [6.45, 7) is 6.63. The van der Waals surface area contributed by atoms with E-state index in [2.05, 4.69) is 24.8 Å². The molecule has 2 nitrogen and oxygen atoms in total. The molecule has 0 N–H and O–H groups in total. The molecule has 0 aromatic rings. The zero-order chi connectivity index (χ0) is 12.6. The summed E-state index contributed by atoms with van der Waals surface area (Å²) in [6, 6.07) is 2.56. The fourth-order valence-corrected chi connectivity index (χ4v) is 2.74. The number of nitriles is 1. The molecule has 98 valence electrons. The predicted octanol–water partition coefficient (Wildman–Crippen LogP) is 4.12. The molecule has 1 unspecified atom stereocenters. The minimum Gasteiger partial charge on any atom is -0.286 e. The Kier molecular flexibility index (Phi) is 6.58. The largest absolute Gasteiger partial charge is 0.286 e. The minimum atomic E-state index is -0.202. The van der Waals surface area contributed by atoms with E-state index in [0.29, 0.717) is 0 Å². The summed E-state index contributed by atoms with van der Waals surface area (Å²) in [7, 11) is 0. The van der Waals surface area contributed by atoms with Crippen molar-refractivity contribution in [1.29, 1.82) is 5.26 Å². The van der Waals surface area contributed by atoms with Gasteiger partial charge in [-0.3, -0.25) is 4.90 Å². The molecule has 0 amide bonds. The summed E-state index contributed by atoms with van der Waals surface area (Å²) in [4.78, 5) is 2.41. The molecule has 1 rings (SSSR count). The van der Waals surface area contributed by atoms with Gasteiger partial charge < -0.3 is 0 Å². The fraction of sp³-hybridized carbons (Fsp3) is 0.933. The van der Waals surface area contributed by atoms with Gasteiger partial charge in [-0.05, 0) is 39.3 Å². The summed E-state index contributed by atoms with van der Waals surface area (Å²) in [5.74, 6) is 0. The summed E-state index contributed by atoms with van der Waals surface area (Å²) in [5.41, 5.74) is -0.202. The first-order chi connectivity index (χ1) is 8.23. The van der Waals surface area contributed by atoms with Crippen molar-refractivity contribution < 1.29 is 0 Å². The number of nitrogens with zero attached hydrogens (tertiary/aromatic N) is 2. The lowest BCUT2D eigenvalue weighted by atomic mass is 9.91. The number of unbranched alkanes of at least 4 members (excludes halogenated alkanes) is 4. The average molecular weight is 236 g/mol. The lowest BCUT2D eigenvalue weighted by Crippen LogP contribution is -2.47. The topological polar surface area (TPSA) is 27.0 Å². The Morgan fingerprint density at radius 2 is 1.71 bits per heavy atom. The normalized spacial score (nSPS) is 20.8. The van der Waals surface area contributed by atoms with Crippen LogP contribution in [0.5, 0.6) is 0 Å². The van der Waals surface area contributed by atoms with Crippen LogP contribution >= 0.6 is 0 Å². The fourth-order valence-electron chi connectivity index (χ4n) is 2.74. The van der Waals surface area contributed by atoms with Gasteiger partial charge in [0.05, 0.1) is 6.07 Å². The van der Waals surface area contributed by atoms with E-state index in [1.54, 1.807) is 0 Å². The molecular formula is C15H28N2. The highest BCUT2D eigenvalue weighted by Crippen LogP contribution is 2.25. The molecule has 17 heavy (non-hydrogen) atoms. The number of likely N-dealkylation sites (tertiary alicyclic amines) is 1. The molecule has 1 saturated heterocycles. The SMILES string of the molecule is CCCCCCCC(C)(C#N)N1CCCCC1. The van der Waals surface area contributed by atoms with E-state index in [4.69, 9.17) is 0 Å². The molecule has 1 aliphatic rings.